The summed E-state index contributed by atoms with van der Waals surface area (Å²) in [6.07, 6.45) is 0. The first-order valence-corrected chi connectivity index (χ1v) is 19.7. The summed E-state index contributed by atoms with van der Waals surface area (Å²) in [5, 5.41) is 2.25. The molecule has 0 N–H and O–H groups in total. The maximum atomic E-state index is 7.13. The van der Waals surface area contributed by atoms with E-state index in [0.29, 0.717) is 0 Å². The van der Waals surface area contributed by atoms with Crippen molar-refractivity contribution in [2.75, 3.05) is 4.90 Å². The second-order valence-electron chi connectivity index (χ2n) is 15.2. The quantitative estimate of drug-likeness (QED) is 0.176. The van der Waals surface area contributed by atoms with Gasteiger partial charge in [-0.25, -0.2) is 0 Å². The van der Waals surface area contributed by atoms with Crippen molar-refractivity contribution in [1.29, 1.82) is 0 Å². The average Bonchev–Trinajstić information content (AvgIpc) is 3.90. The highest BCUT2D eigenvalue weighted by Gasteiger charge is 2.52. The monoisotopic (exact) mass is 725 g/mol. The van der Waals surface area contributed by atoms with E-state index in [1.807, 2.05) is 0 Å². The number of para-hydroxylation sites is 1. The minimum Gasteiger partial charge on any atom is -0.456 e. The van der Waals surface area contributed by atoms with Crippen LogP contribution in [0.25, 0.3) is 66.4 Å². The molecule has 0 bridgehead atoms. The summed E-state index contributed by atoms with van der Waals surface area (Å²) >= 11 is 0. The molecular formula is C55H35NO. The summed E-state index contributed by atoms with van der Waals surface area (Å²) in [6, 6.07) is 77.0. The lowest BCUT2D eigenvalue weighted by Crippen LogP contribution is -2.25. The number of nitrogens with zero attached hydrogens (tertiary/aromatic N) is 1. The highest BCUT2D eigenvalue weighted by atomic mass is 16.3. The number of hydrogen-bond acceptors (Lipinski definition) is 2. The smallest absolute Gasteiger partial charge is 0.137 e. The van der Waals surface area contributed by atoms with Crippen molar-refractivity contribution in [2.45, 2.75) is 5.41 Å². The van der Waals surface area contributed by atoms with Crippen LogP contribution in [0.5, 0.6) is 0 Å². The molecular weight excluding hydrogens is 691 g/mol. The second kappa shape index (κ2) is 12.3. The van der Waals surface area contributed by atoms with Gasteiger partial charge in [0.15, 0.2) is 0 Å². The van der Waals surface area contributed by atoms with Crippen LogP contribution < -0.4 is 4.90 Å². The molecule has 0 radical (unpaired) electrons. The van der Waals surface area contributed by atoms with Crippen molar-refractivity contribution in [3.63, 3.8) is 0 Å². The predicted molar refractivity (Wildman–Crippen MR) is 236 cm³/mol. The molecule has 1 spiro atoms. The number of rotatable bonds is 5. The fraction of sp³-hybridized carbons (Fsp3) is 0.0182. The first-order valence-electron chi connectivity index (χ1n) is 19.7. The van der Waals surface area contributed by atoms with E-state index in [0.717, 1.165) is 39.0 Å². The lowest BCUT2D eigenvalue weighted by molar-refractivity contribution is 0.666. The first-order chi connectivity index (χ1) is 28.3. The van der Waals surface area contributed by atoms with Gasteiger partial charge < -0.3 is 9.32 Å². The lowest BCUT2D eigenvalue weighted by Gasteiger charge is -2.30. The molecule has 2 aliphatic carbocycles. The summed E-state index contributed by atoms with van der Waals surface area (Å²) < 4.78 is 7.13. The van der Waals surface area contributed by atoms with Crippen LogP contribution in [0.4, 0.5) is 17.1 Å². The maximum Gasteiger partial charge on any atom is 0.137 e. The fourth-order valence-corrected chi connectivity index (χ4v) is 9.98. The Morgan fingerprint density at radius 2 is 0.825 bits per heavy atom. The molecule has 266 valence electrons. The highest BCUT2D eigenvalue weighted by molar-refractivity contribution is 6.19. The lowest BCUT2D eigenvalue weighted by atomic mass is 9.70. The van der Waals surface area contributed by atoms with Gasteiger partial charge in [0.2, 0.25) is 0 Å². The first kappa shape index (κ1) is 31.9. The third-order valence-electron chi connectivity index (χ3n) is 12.3. The summed E-state index contributed by atoms with van der Waals surface area (Å²) in [6.45, 7) is 0. The third-order valence-corrected chi connectivity index (χ3v) is 12.3. The van der Waals surface area contributed by atoms with Gasteiger partial charge in [0.05, 0.1) is 5.41 Å². The van der Waals surface area contributed by atoms with Gasteiger partial charge in [-0.1, -0.05) is 164 Å². The van der Waals surface area contributed by atoms with Crippen LogP contribution in [-0.2, 0) is 5.41 Å². The molecule has 2 aliphatic rings. The average molecular weight is 726 g/mol. The summed E-state index contributed by atoms with van der Waals surface area (Å²) in [5.41, 5.74) is 19.7. The van der Waals surface area contributed by atoms with Crippen molar-refractivity contribution >= 4 is 39.0 Å². The molecule has 1 heterocycles. The van der Waals surface area contributed by atoms with Gasteiger partial charge in [-0.15, -0.1) is 0 Å². The number of benzene rings is 9. The Morgan fingerprint density at radius 3 is 1.47 bits per heavy atom. The van der Waals surface area contributed by atoms with Crippen molar-refractivity contribution in [3.05, 3.63) is 235 Å². The Morgan fingerprint density at radius 1 is 0.333 bits per heavy atom. The molecule has 0 atom stereocenters. The van der Waals surface area contributed by atoms with Crippen LogP contribution in [0, 0.1) is 0 Å². The van der Waals surface area contributed by atoms with Gasteiger partial charge in [-0.2, -0.15) is 0 Å². The SMILES string of the molecule is c1ccc(-c2ccc(N(c3ccccc3)c3ccc4c(c3)oc3cc5c(c(-c6ccccc6)c34)-c3ccccc3C53c4ccccc4-c4ccccc43)cc2)cc1. The van der Waals surface area contributed by atoms with Crippen molar-refractivity contribution in [1.82, 2.24) is 0 Å². The van der Waals surface area contributed by atoms with E-state index in [1.54, 1.807) is 0 Å². The van der Waals surface area contributed by atoms with E-state index in [-0.39, 0.29) is 0 Å². The van der Waals surface area contributed by atoms with Crippen molar-refractivity contribution in [2.24, 2.45) is 0 Å². The Labute approximate surface area is 331 Å². The van der Waals surface area contributed by atoms with Gasteiger partial charge in [0.1, 0.15) is 11.2 Å². The molecule has 1 aromatic heterocycles. The molecule has 0 amide bonds. The molecule has 57 heavy (non-hydrogen) atoms. The molecule has 12 rings (SSSR count). The number of furan rings is 1. The molecule has 9 aromatic carbocycles. The van der Waals surface area contributed by atoms with Crippen LogP contribution in [0.3, 0.4) is 0 Å². The molecule has 2 heteroatoms. The zero-order chi connectivity index (χ0) is 37.5. The number of hydrogen-bond donors (Lipinski definition) is 0. The molecule has 10 aromatic rings. The fourth-order valence-electron chi connectivity index (χ4n) is 9.98. The molecule has 0 unspecified atom stereocenters. The molecule has 0 saturated heterocycles. The Bertz CT molecular complexity index is 3120. The third kappa shape index (κ3) is 4.53. The summed E-state index contributed by atoms with van der Waals surface area (Å²) in [4.78, 5) is 2.32. The van der Waals surface area contributed by atoms with Crippen LogP contribution in [0.2, 0.25) is 0 Å². The minimum absolute atomic E-state index is 0.475. The largest absolute Gasteiger partial charge is 0.456 e. The highest BCUT2D eigenvalue weighted by Crippen LogP contribution is 2.65. The van der Waals surface area contributed by atoms with Gasteiger partial charge in [-0.3, -0.25) is 0 Å². The van der Waals surface area contributed by atoms with Gasteiger partial charge in [0, 0.05) is 39.5 Å². The van der Waals surface area contributed by atoms with E-state index in [4.69, 9.17) is 4.42 Å². The molecule has 0 saturated carbocycles. The molecule has 0 fully saturated rings. The Kier molecular flexibility index (Phi) is 6.88. The van der Waals surface area contributed by atoms with Crippen LogP contribution >= 0.6 is 0 Å². The second-order valence-corrected chi connectivity index (χ2v) is 15.2. The normalized spacial score (nSPS) is 13.1. The van der Waals surface area contributed by atoms with Gasteiger partial charge in [-0.05, 0) is 104 Å². The summed E-state index contributed by atoms with van der Waals surface area (Å²) in [5.74, 6) is 0. The van der Waals surface area contributed by atoms with Crippen LogP contribution in [-0.4, -0.2) is 0 Å². The summed E-state index contributed by atoms with van der Waals surface area (Å²) in [7, 11) is 0. The maximum absolute atomic E-state index is 7.13. The zero-order valence-corrected chi connectivity index (χ0v) is 31.1. The van der Waals surface area contributed by atoms with Crippen molar-refractivity contribution in [3.8, 4) is 44.5 Å². The van der Waals surface area contributed by atoms with E-state index < -0.39 is 5.41 Å². The number of fused-ring (bicyclic) bond motifs is 13. The van der Waals surface area contributed by atoms with Gasteiger partial charge >= 0.3 is 0 Å². The van der Waals surface area contributed by atoms with E-state index in [2.05, 4.69) is 217 Å². The standard InChI is InChI=1S/C55H35NO/c1-4-16-36(17-5-1)37-28-30-40(31-29-37)56(39-20-8-3-9-21-39)41-32-33-45-50(34-41)57-51-35-49-53(52(54(45)51)38-18-6-2-7-19-38)44-24-12-15-27-48(44)55(49)46-25-13-10-22-42(46)43-23-11-14-26-47(43)55/h1-35H. The number of anilines is 3. The molecule has 0 aliphatic heterocycles. The Balaban J connectivity index is 1.12. The Hall–Kier alpha value is -7.42. The zero-order valence-electron chi connectivity index (χ0n) is 31.1. The van der Waals surface area contributed by atoms with E-state index in [9.17, 15) is 0 Å². The van der Waals surface area contributed by atoms with E-state index in [1.165, 1.54) is 66.8 Å². The molecule has 2 nitrogen and oxygen atoms in total. The predicted octanol–water partition coefficient (Wildman–Crippen LogP) is 14.7. The van der Waals surface area contributed by atoms with Crippen LogP contribution in [0.1, 0.15) is 22.3 Å². The topological polar surface area (TPSA) is 16.4 Å². The van der Waals surface area contributed by atoms with Crippen molar-refractivity contribution < 1.29 is 4.42 Å². The van der Waals surface area contributed by atoms with Gasteiger partial charge in [0.25, 0.3) is 0 Å². The van der Waals surface area contributed by atoms with Crippen LogP contribution in [0.15, 0.2) is 217 Å². The van der Waals surface area contributed by atoms with E-state index >= 15 is 0 Å². The minimum atomic E-state index is -0.475.